The molecule has 1 N–H and O–H groups in total. The lowest BCUT2D eigenvalue weighted by atomic mass is 9.89. The van der Waals surface area contributed by atoms with Gasteiger partial charge in [0.2, 0.25) is 5.75 Å². The maximum absolute atomic E-state index is 13.4. The molecule has 1 amide bonds. The molecule has 206 valence electrons. The van der Waals surface area contributed by atoms with Gasteiger partial charge in [-0.3, -0.25) is 9.59 Å². The fourth-order valence-corrected chi connectivity index (χ4v) is 4.10. The van der Waals surface area contributed by atoms with Gasteiger partial charge in [-0.25, -0.2) is 14.2 Å². The van der Waals surface area contributed by atoms with Crippen LogP contribution in [0.2, 0.25) is 0 Å². The van der Waals surface area contributed by atoms with E-state index in [0.717, 1.165) is 12.0 Å². The van der Waals surface area contributed by atoms with Crippen molar-refractivity contribution in [2.24, 2.45) is 5.92 Å². The summed E-state index contributed by atoms with van der Waals surface area (Å²) in [6, 6.07) is 6.38. The van der Waals surface area contributed by atoms with Crippen molar-refractivity contribution in [2.45, 2.75) is 51.9 Å². The molecule has 1 aliphatic heterocycles. The summed E-state index contributed by atoms with van der Waals surface area (Å²) in [5.41, 5.74) is 0.620. The second kappa shape index (κ2) is 13.8. The number of carbonyl (C=O) groups is 3. The zero-order valence-corrected chi connectivity index (χ0v) is 21.9. The molecule has 0 aliphatic carbocycles. The van der Waals surface area contributed by atoms with Crippen molar-refractivity contribution < 1.29 is 42.5 Å². The van der Waals surface area contributed by atoms with E-state index in [1.807, 2.05) is 6.92 Å². The van der Waals surface area contributed by atoms with Crippen LogP contribution in [0, 0.1) is 11.7 Å². The molecule has 1 fully saturated rings. The van der Waals surface area contributed by atoms with Crippen molar-refractivity contribution in [1.29, 1.82) is 0 Å². The van der Waals surface area contributed by atoms with E-state index in [0.29, 0.717) is 13.0 Å². The third kappa shape index (κ3) is 7.72. The first-order valence-electron chi connectivity index (χ1n) is 12.4. The average molecular weight is 533 g/mol. The summed E-state index contributed by atoms with van der Waals surface area (Å²) in [4.78, 5) is 41.8. The molecule has 0 saturated carbocycles. The Morgan fingerprint density at radius 1 is 1.18 bits per heavy atom. The van der Waals surface area contributed by atoms with E-state index in [9.17, 15) is 18.8 Å². The van der Waals surface area contributed by atoms with Crippen molar-refractivity contribution in [3.63, 3.8) is 0 Å². The SMILES string of the molecule is CCCO[C@H]1COC[C@H](NC(=O)c2nccc(OC)c2OC(C)=O)C(=O)O[C@@H](C)[C@@H]1Cc1ccc(F)cc1. The molecule has 0 unspecified atom stereocenters. The minimum Gasteiger partial charge on any atom is -0.493 e. The van der Waals surface area contributed by atoms with Gasteiger partial charge in [-0.1, -0.05) is 19.1 Å². The summed E-state index contributed by atoms with van der Waals surface area (Å²) in [5, 5.41) is 2.56. The molecule has 38 heavy (non-hydrogen) atoms. The number of benzene rings is 1. The van der Waals surface area contributed by atoms with Crippen LogP contribution >= 0.6 is 0 Å². The monoisotopic (exact) mass is 532 g/mol. The highest BCUT2D eigenvalue weighted by atomic mass is 19.1. The molecule has 0 spiro atoms. The predicted octanol–water partition coefficient (Wildman–Crippen LogP) is 2.87. The maximum atomic E-state index is 13.4. The molecule has 4 atom stereocenters. The number of nitrogens with one attached hydrogen (secondary N) is 1. The largest absolute Gasteiger partial charge is 0.493 e. The quantitative estimate of drug-likeness (QED) is 0.486. The van der Waals surface area contributed by atoms with Gasteiger partial charge >= 0.3 is 11.9 Å². The highest BCUT2D eigenvalue weighted by molar-refractivity contribution is 5.98. The second-order valence-electron chi connectivity index (χ2n) is 8.89. The molecule has 1 aromatic heterocycles. The van der Waals surface area contributed by atoms with Crippen LogP contribution in [-0.4, -0.2) is 68.0 Å². The number of carbonyl (C=O) groups excluding carboxylic acids is 3. The van der Waals surface area contributed by atoms with E-state index in [1.165, 1.54) is 38.4 Å². The number of hydrogen-bond acceptors (Lipinski definition) is 9. The Labute approximate surface area is 220 Å². The summed E-state index contributed by atoms with van der Waals surface area (Å²) in [7, 11) is 1.36. The second-order valence-corrected chi connectivity index (χ2v) is 8.89. The molecule has 3 rings (SSSR count). The van der Waals surface area contributed by atoms with Gasteiger partial charge in [0.15, 0.2) is 17.5 Å². The normalized spacial score (nSPS) is 21.9. The zero-order valence-electron chi connectivity index (χ0n) is 21.9. The molecule has 10 nitrogen and oxygen atoms in total. The summed E-state index contributed by atoms with van der Waals surface area (Å²) < 4.78 is 41.4. The summed E-state index contributed by atoms with van der Waals surface area (Å²) in [5.74, 6) is -2.83. The fraction of sp³-hybridized carbons (Fsp3) is 0.481. The molecule has 1 saturated heterocycles. The van der Waals surface area contributed by atoms with E-state index >= 15 is 0 Å². The van der Waals surface area contributed by atoms with Crippen molar-refractivity contribution in [1.82, 2.24) is 10.3 Å². The third-order valence-electron chi connectivity index (χ3n) is 6.01. The third-order valence-corrected chi connectivity index (χ3v) is 6.01. The number of hydrogen-bond donors (Lipinski definition) is 1. The lowest BCUT2D eigenvalue weighted by Crippen LogP contribution is -2.46. The van der Waals surface area contributed by atoms with Crippen LogP contribution in [0.25, 0.3) is 0 Å². The van der Waals surface area contributed by atoms with E-state index in [1.54, 1.807) is 19.1 Å². The van der Waals surface area contributed by atoms with E-state index < -0.39 is 36.1 Å². The highest BCUT2D eigenvalue weighted by Crippen LogP contribution is 2.30. The molecule has 2 aromatic rings. The first-order valence-corrected chi connectivity index (χ1v) is 12.4. The lowest BCUT2D eigenvalue weighted by molar-refractivity contribution is -0.155. The molecule has 0 radical (unpaired) electrons. The van der Waals surface area contributed by atoms with Crippen LogP contribution in [0.5, 0.6) is 11.5 Å². The van der Waals surface area contributed by atoms with Gasteiger partial charge in [0.1, 0.15) is 11.9 Å². The van der Waals surface area contributed by atoms with Gasteiger partial charge in [-0.2, -0.15) is 0 Å². The number of esters is 2. The van der Waals surface area contributed by atoms with Crippen LogP contribution in [0.1, 0.15) is 43.2 Å². The number of aromatic nitrogens is 1. The fourth-order valence-electron chi connectivity index (χ4n) is 4.10. The maximum Gasteiger partial charge on any atom is 0.331 e. The van der Waals surface area contributed by atoms with Crippen molar-refractivity contribution in [3.05, 3.63) is 53.6 Å². The minimum atomic E-state index is -1.17. The van der Waals surface area contributed by atoms with Crippen LogP contribution in [0.15, 0.2) is 36.5 Å². The van der Waals surface area contributed by atoms with E-state index in [4.69, 9.17) is 23.7 Å². The molecule has 2 heterocycles. The van der Waals surface area contributed by atoms with Crippen LogP contribution in [0.3, 0.4) is 0 Å². The highest BCUT2D eigenvalue weighted by Gasteiger charge is 2.36. The Kier molecular flexibility index (Phi) is 10.5. The van der Waals surface area contributed by atoms with Crippen LogP contribution < -0.4 is 14.8 Å². The molecule has 0 bridgehead atoms. The van der Waals surface area contributed by atoms with E-state index in [-0.39, 0.29) is 42.1 Å². The number of rotatable bonds is 9. The topological polar surface area (TPSA) is 122 Å². The summed E-state index contributed by atoms with van der Waals surface area (Å²) in [6.45, 7) is 5.36. The Balaban J connectivity index is 1.81. The first kappa shape index (κ1) is 29.0. The molecule has 1 aliphatic rings. The van der Waals surface area contributed by atoms with Gasteiger partial charge in [-0.05, 0) is 37.5 Å². The Morgan fingerprint density at radius 3 is 2.58 bits per heavy atom. The summed E-state index contributed by atoms with van der Waals surface area (Å²) >= 11 is 0. The predicted molar refractivity (Wildman–Crippen MR) is 133 cm³/mol. The average Bonchev–Trinajstić information content (AvgIpc) is 2.93. The number of amides is 1. The number of ether oxygens (including phenoxy) is 5. The Morgan fingerprint density at radius 2 is 1.92 bits per heavy atom. The van der Waals surface area contributed by atoms with Gasteiger partial charge in [0.05, 0.1) is 26.4 Å². The number of pyridine rings is 1. The molecule has 1 aromatic carbocycles. The summed E-state index contributed by atoms with van der Waals surface area (Å²) in [6.07, 6.45) is 1.54. The van der Waals surface area contributed by atoms with Crippen LogP contribution in [-0.2, 0) is 30.2 Å². The molecule has 11 heteroatoms. The minimum absolute atomic E-state index is 0.127. The van der Waals surface area contributed by atoms with Gasteiger partial charge in [0, 0.05) is 31.7 Å². The standard InChI is InChI=1S/C27H33FN2O8/c1-5-12-36-23-15-35-14-21(27(33)37-16(2)20(23)13-18-6-8-19(28)9-7-18)30-26(32)24-25(38-17(3)31)22(34-4)10-11-29-24/h6-11,16,20-21,23H,5,12-15H2,1-4H3,(H,30,32)/t16-,20-,21-,23-/m0/s1. The van der Waals surface area contributed by atoms with Crippen molar-refractivity contribution >= 4 is 17.8 Å². The Hall–Kier alpha value is -3.57. The Bertz CT molecular complexity index is 1110. The smallest absolute Gasteiger partial charge is 0.331 e. The number of nitrogens with zero attached hydrogens (tertiary/aromatic N) is 1. The molecular weight excluding hydrogens is 499 g/mol. The van der Waals surface area contributed by atoms with Crippen molar-refractivity contribution in [3.8, 4) is 11.5 Å². The van der Waals surface area contributed by atoms with Gasteiger partial charge in [0.25, 0.3) is 5.91 Å². The van der Waals surface area contributed by atoms with Gasteiger partial charge < -0.3 is 29.0 Å². The zero-order chi connectivity index (χ0) is 27.7. The number of methoxy groups -OCH3 is 1. The van der Waals surface area contributed by atoms with Crippen molar-refractivity contribution in [2.75, 3.05) is 26.9 Å². The molecular formula is C27H33FN2O8. The van der Waals surface area contributed by atoms with E-state index in [2.05, 4.69) is 10.3 Å². The first-order chi connectivity index (χ1) is 18.2. The number of cyclic esters (lactones) is 1. The lowest BCUT2D eigenvalue weighted by Gasteiger charge is -2.30. The van der Waals surface area contributed by atoms with Gasteiger partial charge in [-0.15, -0.1) is 0 Å². The van der Waals surface area contributed by atoms with Crippen LogP contribution in [0.4, 0.5) is 4.39 Å². The number of halogens is 1.